The summed E-state index contributed by atoms with van der Waals surface area (Å²) < 4.78 is 10.7. The number of methoxy groups -OCH3 is 2. The molecule has 0 radical (unpaired) electrons. The first-order valence-corrected chi connectivity index (χ1v) is 7.79. The predicted octanol–water partition coefficient (Wildman–Crippen LogP) is 1.93. The molecule has 0 aliphatic carbocycles. The van der Waals surface area contributed by atoms with E-state index in [1.807, 2.05) is 0 Å². The van der Waals surface area contributed by atoms with Crippen molar-refractivity contribution in [2.24, 2.45) is 0 Å². The first-order chi connectivity index (χ1) is 10.2. The number of carbonyl (C=O) groups excluding carboxylic acids is 1. The van der Waals surface area contributed by atoms with Crippen LogP contribution in [-0.2, 0) is 4.74 Å². The average molecular weight is 326 g/mol. The fourth-order valence-electron chi connectivity index (χ4n) is 1.36. The van der Waals surface area contributed by atoms with Crippen molar-refractivity contribution in [2.75, 3.05) is 31.9 Å². The normalized spacial score (nSPS) is 10.4. The van der Waals surface area contributed by atoms with Gasteiger partial charge in [0.25, 0.3) is 5.91 Å². The van der Waals surface area contributed by atoms with E-state index in [-0.39, 0.29) is 5.91 Å². The van der Waals surface area contributed by atoms with Crippen molar-refractivity contribution in [1.82, 2.24) is 15.2 Å². The number of nitrogens with zero attached hydrogens (tertiary/aromatic N) is 3. The number of anilines is 1. The molecule has 0 aliphatic rings. The lowest BCUT2D eigenvalue weighted by atomic mass is 10.2. The van der Waals surface area contributed by atoms with E-state index < -0.39 is 0 Å². The molecule has 0 atom stereocenters. The van der Waals surface area contributed by atoms with E-state index in [4.69, 9.17) is 9.47 Å². The predicted molar refractivity (Wildman–Crippen MR) is 81.3 cm³/mol. The van der Waals surface area contributed by atoms with Crippen LogP contribution < -0.4 is 10.1 Å². The molecule has 7 nitrogen and oxygen atoms in total. The molecule has 0 spiro atoms. The maximum Gasteiger partial charge on any atom is 0.257 e. The highest BCUT2D eigenvalue weighted by Gasteiger charge is 2.11. The SMILES string of the molecule is COCCSc1nnc(NC(=O)c2ccnc(OC)c2)s1. The third-order valence-corrected chi connectivity index (χ3v) is 4.28. The Balaban J connectivity index is 1.96. The summed E-state index contributed by atoms with van der Waals surface area (Å²) in [6.07, 6.45) is 1.51. The number of thioether (sulfide) groups is 1. The molecule has 2 heterocycles. The van der Waals surface area contributed by atoms with Crippen molar-refractivity contribution in [3.05, 3.63) is 23.9 Å². The zero-order chi connectivity index (χ0) is 15.1. The molecule has 0 unspecified atom stereocenters. The molecule has 0 fully saturated rings. The fourth-order valence-corrected chi connectivity index (χ4v) is 3.08. The van der Waals surface area contributed by atoms with Gasteiger partial charge in [-0.05, 0) is 6.07 Å². The van der Waals surface area contributed by atoms with Crippen LogP contribution in [0.15, 0.2) is 22.7 Å². The maximum absolute atomic E-state index is 12.1. The van der Waals surface area contributed by atoms with Crippen LogP contribution in [0.1, 0.15) is 10.4 Å². The monoisotopic (exact) mass is 326 g/mol. The van der Waals surface area contributed by atoms with Gasteiger partial charge in [-0.1, -0.05) is 23.1 Å². The number of rotatable bonds is 7. The first-order valence-electron chi connectivity index (χ1n) is 5.99. The number of ether oxygens (including phenoxy) is 2. The number of hydrogen-bond donors (Lipinski definition) is 1. The van der Waals surface area contributed by atoms with Gasteiger partial charge in [-0.15, -0.1) is 10.2 Å². The van der Waals surface area contributed by atoms with Crippen molar-refractivity contribution in [1.29, 1.82) is 0 Å². The van der Waals surface area contributed by atoms with Crippen LogP contribution in [0.3, 0.4) is 0 Å². The van der Waals surface area contributed by atoms with Gasteiger partial charge in [0.05, 0.1) is 13.7 Å². The molecule has 9 heteroatoms. The third-order valence-electron chi connectivity index (χ3n) is 2.35. The third kappa shape index (κ3) is 4.66. The number of amides is 1. The van der Waals surface area contributed by atoms with E-state index in [9.17, 15) is 4.79 Å². The lowest BCUT2D eigenvalue weighted by Crippen LogP contribution is -2.12. The lowest BCUT2D eigenvalue weighted by molar-refractivity contribution is 0.102. The molecule has 0 bridgehead atoms. The number of carbonyl (C=O) groups is 1. The number of aromatic nitrogens is 3. The summed E-state index contributed by atoms with van der Waals surface area (Å²) >= 11 is 2.86. The van der Waals surface area contributed by atoms with Gasteiger partial charge in [0.2, 0.25) is 11.0 Å². The van der Waals surface area contributed by atoms with Gasteiger partial charge in [0.1, 0.15) is 0 Å². The molecule has 1 N–H and O–H groups in total. The summed E-state index contributed by atoms with van der Waals surface area (Å²) in [5.41, 5.74) is 0.450. The van der Waals surface area contributed by atoms with Gasteiger partial charge in [-0.25, -0.2) is 4.98 Å². The molecule has 2 rings (SSSR count). The quantitative estimate of drug-likeness (QED) is 0.472. The molecule has 21 heavy (non-hydrogen) atoms. The Labute approximate surface area is 130 Å². The standard InChI is InChI=1S/C12H14N4O3S2/c1-18-5-6-20-12-16-15-11(21-12)14-10(17)8-3-4-13-9(7-8)19-2/h3-4,7H,5-6H2,1-2H3,(H,14,15,17). The van der Waals surface area contributed by atoms with E-state index in [0.717, 1.165) is 10.1 Å². The van der Waals surface area contributed by atoms with E-state index in [2.05, 4.69) is 20.5 Å². The minimum absolute atomic E-state index is 0.278. The Morgan fingerprint density at radius 1 is 1.43 bits per heavy atom. The fraction of sp³-hybridized carbons (Fsp3) is 0.333. The summed E-state index contributed by atoms with van der Waals surface area (Å²) in [6, 6.07) is 3.16. The highest BCUT2D eigenvalue weighted by atomic mass is 32.2. The average Bonchev–Trinajstić information content (AvgIpc) is 2.95. The van der Waals surface area contributed by atoms with Crippen LogP contribution >= 0.6 is 23.1 Å². The number of nitrogens with one attached hydrogen (secondary N) is 1. The smallest absolute Gasteiger partial charge is 0.257 e. The maximum atomic E-state index is 12.1. The first kappa shape index (κ1) is 15.7. The Bertz CT molecular complexity index is 606. The molecule has 2 aromatic rings. The second-order valence-electron chi connectivity index (χ2n) is 3.76. The molecular weight excluding hydrogens is 312 g/mol. The zero-order valence-electron chi connectivity index (χ0n) is 11.5. The largest absolute Gasteiger partial charge is 0.481 e. The lowest BCUT2D eigenvalue weighted by Gasteiger charge is -2.02. The topological polar surface area (TPSA) is 86.2 Å². The zero-order valence-corrected chi connectivity index (χ0v) is 13.2. The second kappa shape index (κ2) is 7.91. The van der Waals surface area contributed by atoms with E-state index >= 15 is 0 Å². The molecule has 112 valence electrons. The molecule has 0 aliphatic heterocycles. The molecular formula is C12H14N4O3S2. The molecule has 0 aromatic carbocycles. The Morgan fingerprint density at radius 3 is 3.05 bits per heavy atom. The van der Waals surface area contributed by atoms with Crippen LogP contribution in [0.5, 0.6) is 5.88 Å². The van der Waals surface area contributed by atoms with Crippen LogP contribution in [-0.4, -0.2) is 47.7 Å². The van der Waals surface area contributed by atoms with Gasteiger partial charge in [0.15, 0.2) is 4.34 Å². The van der Waals surface area contributed by atoms with Crippen molar-refractivity contribution < 1.29 is 14.3 Å². The van der Waals surface area contributed by atoms with E-state index in [1.54, 1.807) is 19.2 Å². The summed E-state index contributed by atoms with van der Waals surface area (Å²) in [6.45, 7) is 0.642. The summed E-state index contributed by atoms with van der Waals surface area (Å²) in [5.74, 6) is 0.900. The van der Waals surface area contributed by atoms with Crippen molar-refractivity contribution in [3.63, 3.8) is 0 Å². The minimum Gasteiger partial charge on any atom is -0.481 e. The number of pyridine rings is 1. The van der Waals surface area contributed by atoms with E-state index in [0.29, 0.717) is 23.2 Å². The van der Waals surface area contributed by atoms with Gasteiger partial charge >= 0.3 is 0 Å². The van der Waals surface area contributed by atoms with E-state index in [1.165, 1.54) is 36.4 Å². The summed E-state index contributed by atoms with van der Waals surface area (Å²) in [4.78, 5) is 16.0. The minimum atomic E-state index is -0.278. The van der Waals surface area contributed by atoms with Crippen LogP contribution in [0.2, 0.25) is 0 Å². The molecule has 0 saturated carbocycles. The van der Waals surface area contributed by atoms with Gasteiger partial charge in [-0.2, -0.15) is 0 Å². The Kier molecular flexibility index (Phi) is 5.90. The summed E-state index contributed by atoms with van der Waals surface area (Å²) in [5, 5.41) is 11.1. The number of hydrogen-bond acceptors (Lipinski definition) is 8. The molecule has 2 aromatic heterocycles. The molecule has 0 saturated heterocycles. The second-order valence-corrected chi connectivity index (χ2v) is 6.07. The Hall–Kier alpha value is -1.71. The summed E-state index contributed by atoms with van der Waals surface area (Å²) in [7, 11) is 3.15. The van der Waals surface area contributed by atoms with Crippen LogP contribution in [0.4, 0.5) is 5.13 Å². The highest BCUT2D eigenvalue weighted by Crippen LogP contribution is 2.25. The van der Waals surface area contributed by atoms with Crippen molar-refractivity contribution >= 4 is 34.1 Å². The molecule has 1 amide bonds. The van der Waals surface area contributed by atoms with Crippen LogP contribution in [0.25, 0.3) is 0 Å². The van der Waals surface area contributed by atoms with Crippen LogP contribution in [0, 0.1) is 0 Å². The Morgan fingerprint density at radius 2 is 2.29 bits per heavy atom. The van der Waals surface area contributed by atoms with Gasteiger partial charge in [-0.3, -0.25) is 10.1 Å². The van der Waals surface area contributed by atoms with Crippen molar-refractivity contribution in [2.45, 2.75) is 4.34 Å². The van der Waals surface area contributed by atoms with Gasteiger partial charge < -0.3 is 9.47 Å². The highest BCUT2D eigenvalue weighted by molar-refractivity contribution is 8.01. The van der Waals surface area contributed by atoms with Gasteiger partial charge in [0, 0.05) is 30.7 Å². The van der Waals surface area contributed by atoms with Crippen molar-refractivity contribution in [3.8, 4) is 5.88 Å².